The molecule has 1 aromatic heterocycles. The van der Waals surface area contributed by atoms with Crippen LogP contribution < -0.4 is 0 Å². The van der Waals surface area contributed by atoms with E-state index < -0.39 is 0 Å². The zero-order valence-electron chi connectivity index (χ0n) is 9.06. The Balaban J connectivity index is 2.06. The lowest BCUT2D eigenvalue weighted by Crippen LogP contribution is -1.90. The Morgan fingerprint density at radius 2 is 2.06 bits per heavy atom. The fraction of sp³-hybridized carbons (Fsp3) is 0.143. The van der Waals surface area contributed by atoms with Gasteiger partial charge < -0.3 is 0 Å². The Kier molecular flexibility index (Phi) is 2.31. The third-order valence-corrected chi connectivity index (χ3v) is 4.07. The van der Waals surface area contributed by atoms with Crippen LogP contribution in [0.4, 0.5) is 0 Å². The molecule has 0 saturated carbocycles. The summed E-state index contributed by atoms with van der Waals surface area (Å²) in [6.07, 6.45) is 1.48. The first-order valence-electron chi connectivity index (χ1n) is 5.44. The molecule has 1 aliphatic rings. The van der Waals surface area contributed by atoms with Crippen LogP contribution in [-0.2, 0) is 6.42 Å². The number of hydrogen-bond donors (Lipinski definition) is 0. The molecule has 0 aliphatic heterocycles. The molecule has 0 saturated heterocycles. The maximum absolute atomic E-state index is 11.5. The SMILES string of the molecule is N#Cc1ccc(-c2ccc3c(c2)CCC3=O)s1. The minimum atomic E-state index is 0.246. The summed E-state index contributed by atoms with van der Waals surface area (Å²) in [6.45, 7) is 0. The summed E-state index contributed by atoms with van der Waals surface area (Å²) in [7, 11) is 0. The second-order valence-corrected chi connectivity index (χ2v) is 5.15. The molecule has 0 spiro atoms. The quantitative estimate of drug-likeness (QED) is 0.765. The number of thiophene rings is 1. The van der Waals surface area contributed by atoms with E-state index >= 15 is 0 Å². The number of Topliss-reactive ketones (excluding diaryl/α,β-unsaturated/α-hetero) is 1. The molecule has 2 nitrogen and oxygen atoms in total. The van der Waals surface area contributed by atoms with Crippen molar-refractivity contribution in [1.82, 2.24) is 0 Å². The maximum atomic E-state index is 11.5. The molecule has 1 heterocycles. The van der Waals surface area contributed by atoms with Crippen LogP contribution in [0.3, 0.4) is 0 Å². The molecule has 2 aromatic rings. The molecule has 0 bridgehead atoms. The van der Waals surface area contributed by atoms with Crippen LogP contribution >= 0.6 is 11.3 Å². The number of fused-ring (bicyclic) bond motifs is 1. The van der Waals surface area contributed by atoms with E-state index in [1.807, 2.05) is 24.3 Å². The van der Waals surface area contributed by atoms with E-state index in [0.29, 0.717) is 6.42 Å². The monoisotopic (exact) mass is 239 g/mol. The maximum Gasteiger partial charge on any atom is 0.163 e. The second-order valence-electron chi connectivity index (χ2n) is 4.07. The zero-order chi connectivity index (χ0) is 11.8. The van der Waals surface area contributed by atoms with Gasteiger partial charge in [-0.05, 0) is 35.7 Å². The number of carbonyl (C=O) groups excluding carboxylic acids is 1. The van der Waals surface area contributed by atoms with Crippen molar-refractivity contribution in [1.29, 1.82) is 5.26 Å². The van der Waals surface area contributed by atoms with Gasteiger partial charge in [-0.1, -0.05) is 12.1 Å². The van der Waals surface area contributed by atoms with E-state index in [9.17, 15) is 4.79 Å². The van der Waals surface area contributed by atoms with Crippen LogP contribution in [0.1, 0.15) is 27.2 Å². The van der Waals surface area contributed by atoms with E-state index in [4.69, 9.17) is 5.26 Å². The van der Waals surface area contributed by atoms with Crippen LogP contribution in [0.15, 0.2) is 30.3 Å². The minimum Gasteiger partial charge on any atom is -0.294 e. The smallest absolute Gasteiger partial charge is 0.163 e. The summed E-state index contributed by atoms with van der Waals surface area (Å²) in [5, 5.41) is 8.80. The molecule has 0 N–H and O–H groups in total. The van der Waals surface area contributed by atoms with Crippen molar-refractivity contribution in [3.05, 3.63) is 46.3 Å². The Bertz CT molecular complexity index is 648. The van der Waals surface area contributed by atoms with Gasteiger partial charge in [-0.15, -0.1) is 11.3 Å². The summed E-state index contributed by atoms with van der Waals surface area (Å²) in [4.78, 5) is 13.3. The lowest BCUT2D eigenvalue weighted by atomic mass is 10.1. The molecule has 0 atom stereocenters. The van der Waals surface area contributed by atoms with Gasteiger partial charge in [-0.25, -0.2) is 0 Å². The average Bonchev–Trinajstić information content (AvgIpc) is 2.96. The Morgan fingerprint density at radius 3 is 2.82 bits per heavy atom. The van der Waals surface area contributed by atoms with E-state index in [-0.39, 0.29) is 5.78 Å². The van der Waals surface area contributed by atoms with Crippen molar-refractivity contribution in [2.45, 2.75) is 12.8 Å². The van der Waals surface area contributed by atoms with Crippen molar-refractivity contribution in [2.75, 3.05) is 0 Å². The summed E-state index contributed by atoms with van der Waals surface area (Å²) < 4.78 is 0. The van der Waals surface area contributed by atoms with Crippen molar-refractivity contribution < 1.29 is 4.79 Å². The highest BCUT2D eigenvalue weighted by Crippen LogP contribution is 2.31. The first kappa shape index (κ1) is 10.2. The highest BCUT2D eigenvalue weighted by molar-refractivity contribution is 7.16. The predicted octanol–water partition coefficient (Wildman–Crippen LogP) is 3.42. The molecular weight excluding hydrogens is 230 g/mol. The van der Waals surface area contributed by atoms with Crippen LogP contribution in [-0.4, -0.2) is 5.78 Å². The third-order valence-electron chi connectivity index (χ3n) is 3.03. The Labute approximate surface area is 103 Å². The number of benzene rings is 1. The predicted molar refractivity (Wildman–Crippen MR) is 67.1 cm³/mol. The van der Waals surface area contributed by atoms with Crippen molar-refractivity contribution in [3.63, 3.8) is 0 Å². The van der Waals surface area contributed by atoms with Gasteiger partial charge in [-0.3, -0.25) is 4.79 Å². The number of ketones is 1. The Morgan fingerprint density at radius 1 is 1.18 bits per heavy atom. The lowest BCUT2D eigenvalue weighted by Gasteiger charge is -2.01. The van der Waals surface area contributed by atoms with Gasteiger partial charge in [0, 0.05) is 16.9 Å². The summed E-state index contributed by atoms with van der Waals surface area (Å²) in [6, 6.07) is 11.9. The summed E-state index contributed by atoms with van der Waals surface area (Å²) >= 11 is 1.49. The van der Waals surface area contributed by atoms with Crippen molar-refractivity contribution >= 4 is 17.1 Å². The molecule has 3 rings (SSSR count). The second kappa shape index (κ2) is 3.83. The van der Waals surface area contributed by atoms with E-state index in [2.05, 4.69) is 12.1 Å². The van der Waals surface area contributed by atoms with Crippen LogP contribution in [0.25, 0.3) is 10.4 Å². The highest BCUT2D eigenvalue weighted by atomic mass is 32.1. The molecule has 0 unspecified atom stereocenters. The summed E-state index contributed by atoms with van der Waals surface area (Å²) in [5.41, 5.74) is 3.11. The minimum absolute atomic E-state index is 0.246. The summed E-state index contributed by atoms with van der Waals surface area (Å²) in [5.74, 6) is 0.246. The number of nitrogens with zero attached hydrogens (tertiary/aromatic N) is 1. The van der Waals surface area contributed by atoms with Gasteiger partial charge >= 0.3 is 0 Å². The van der Waals surface area contributed by atoms with E-state index in [1.165, 1.54) is 11.3 Å². The number of carbonyl (C=O) groups is 1. The van der Waals surface area contributed by atoms with Crippen molar-refractivity contribution in [3.8, 4) is 16.5 Å². The molecule has 1 aliphatic carbocycles. The molecule has 0 fully saturated rings. The van der Waals surface area contributed by atoms with Crippen LogP contribution in [0.5, 0.6) is 0 Å². The number of aryl methyl sites for hydroxylation is 1. The first-order chi connectivity index (χ1) is 8.28. The standard InChI is InChI=1S/C14H9NOS/c15-8-11-3-6-14(17-11)10-1-4-12-9(7-10)2-5-13(12)16/h1,3-4,6-7H,2,5H2. The number of nitriles is 1. The highest BCUT2D eigenvalue weighted by Gasteiger charge is 2.19. The topological polar surface area (TPSA) is 40.9 Å². The van der Waals surface area contributed by atoms with Crippen LogP contribution in [0, 0.1) is 11.3 Å². The third kappa shape index (κ3) is 1.67. The van der Waals surface area contributed by atoms with Gasteiger partial charge in [0.05, 0.1) is 0 Å². The van der Waals surface area contributed by atoms with Gasteiger partial charge in [0.2, 0.25) is 0 Å². The fourth-order valence-electron chi connectivity index (χ4n) is 2.16. The lowest BCUT2D eigenvalue weighted by molar-refractivity contribution is 0.0994. The molecule has 0 amide bonds. The number of rotatable bonds is 1. The fourth-order valence-corrected chi connectivity index (χ4v) is 2.96. The van der Waals surface area contributed by atoms with Gasteiger partial charge in [0.1, 0.15) is 10.9 Å². The number of hydrogen-bond acceptors (Lipinski definition) is 3. The van der Waals surface area contributed by atoms with Gasteiger partial charge in [-0.2, -0.15) is 5.26 Å². The first-order valence-corrected chi connectivity index (χ1v) is 6.26. The molecule has 17 heavy (non-hydrogen) atoms. The molecular formula is C14H9NOS. The Hall–Kier alpha value is -1.92. The molecule has 3 heteroatoms. The molecule has 1 aromatic carbocycles. The normalized spacial score (nSPS) is 13.5. The zero-order valence-corrected chi connectivity index (χ0v) is 9.88. The van der Waals surface area contributed by atoms with Crippen molar-refractivity contribution in [2.24, 2.45) is 0 Å². The largest absolute Gasteiger partial charge is 0.294 e. The van der Waals surface area contributed by atoms with E-state index in [1.54, 1.807) is 0 Å². The van der Waals surface area contributed by atoms with Gasteiger partial charge in [0.15, 0.2) is 5.78 Å². The van der Waals surface area contributed by atoms with E-state index in [0.717, 1.165) is 32.9 Å². The average molecular weight is 239 g/mol. The molecule has 0 radical (unpaired) electrons. The van der Waals surface area contributed by atoms with Crippen LogP contribution in [0.2, 0.25) is 0 Å². The van der Waals surface area contributed by atoms with Gasteiger partial charge in [0.25, 0.3) is 0 Å². The molecule has 82 valence electrons.